The third-order valence-corrected chi connectivity index (χ3v) is 4.91. The summed E-state index contributed by atoms with van der Waals surface area (Å²) < 4.78 is 0.977. The zero-order valence-electron chi connectivity index (χ0n) is 11.4. The second kappa shape index (κ2) is 5.97. The van der Waals surface area contributed by atoms with Crippen molar-refractivity contribution in [2.75, 3.05) is 10.7 Å². The Bertz CT molecular complexity index is 786. The SMILES string of the molecule is CCc1cc2c(Nc3ccccc3Br)nc(NN)nc2s1. The van der Waals surface area contributed by atoms with Gasteiger partial charge in [-0.1, -0.05) is 19.1 Å². The van der Waals surface area contributed by atoms with Gasteiger partial charge in [-0.2, -0.15) is 4.98 Å². The Hall–Kier alpha value is -1.70. The fourth-order valence-electron chi connectivity index (χ4n) is 2.00. The number of nitrogen functional groups attached to an aromatic ring is 1. The molecule has 0 fully saturated rings. The van der Waals surface area contributed by atoms with Gasteiger partial charge in [-0.15, -0.1) is 11.3 Å². The summed E-state index contributed by atoms with van der Waals surface area (Å²) in [5.74, 6) is 6.62. The second-order valence-electron chi connectivity index (χ2n) is 4.43. The molecule has 0 aliphatic rings. The lowest BCUT2D eigenvalue weighted by Crippen LogP contribution is -2.11. The number of thiophene rings is 1. The van der Waals surface area contributed by atoms with Crippen LogP contribution in [0.2, 0.25) is 0 Å². The van der Waals surface area contributed by atoms with Crippen LogP contribution in [0.4, 0.5) is 17.5 Å². The van der Waals surface area contributed by atoms with Crippen LogP contribution in [-0.2, 0) is 6.42 Å². The number of benzene rings is 1. The molecule has 3 rings (SSSR count). The van der Waals surface area contributed by atoms with Gasteiger partial charge in [0.25, 0.3) is 0 Å². The molecular formula is C14H14BrN5S. The van der Waals surface area contributed by atoms with Gasteiger partial charge < -0.3 is 5.32 Å². The average molecular weight is 364 g/mol. The number of nitrogens with two attached hydrogens (primary N) is 1. The fraction of sp³-hybridized carbons (Fsp3) is 0.143. The van der Waals surface area contributed by atoms with Crippen molar-refractivity contribution in [3.8, 4) is 0 Å². The lowest BCUT2D eigenvalue weighted by molar-refractivity contribution is 1.16. The molecule has 1 aromatic carbocycles. The summed E-state index contributed by atoms with van der Waals surface area (Å²) >= 11 is 5.19. The zero-order valence-corrected chi connectivity index (χ0v) is 13.8. The van der Waals surface area contributed by atoms with Crippen LogP contribution in [0.1, 0.15) is 11.8 Å². The Morgan fingerprint density at radius 2 is 2.10 bits per heavy atom. The minimum atomic E-state index is 0.404. The van der Waals surface area contributed by atoms with E-state index in [9.17, 15) is 0 Å². The number of hydrogen-bond acceptors (Lipinski definition) is 6. The van der Waals surface area contributed by atoms with Crippen LogP contribution in [0.25, 0.3) is 10.2 Å². The summed E-state index contributed by atoms with van der Waals surface area (Å²) in [7, 11) is 0. The molecule has 0 radical (unpaired) electrons. The first-order valence-corrected chi connectivity index (χ1v) is 8.11. The third-order valence-electron chi connectivity index (χ3n) is 3.05. The maximum Gasteiger partial charge on any atom is 0.240 e. The quantitative estimate of drug-likeness (QED) is 0.481. The topological polar surface area (TPSA) is 75.9 Å². The van der Waals surface area contributed by atoms with Gasteiger partial charge in [-0.3, -0.25) is 5.43 Å². The maximum absolute atomic E-state index is 5.46. The van der Waals surface area contributed by atoms with Crippen LogP contribution in [0.5, 0.6) is 0 Å². The molecule has 0 amide bonds. The predicted octanol–water partition coefficient (Wildman–Crippen LogP) is 4.05. The van der Waals surface area contributed by atoms with Crippen LogP contribution in [0.3, 0.4) is 0 Å². The van der Waals surface area contributed by atoms with Crippen molar-refractivity contribution in [3.05, 3.63) is 39.7 Å². The molecule has 2 heterocycles. The Labute approximate surface area is 134 Å². The van der Waals surface area contributed by atoms with E-state index in [4.69, 9.17) is 5.84 Å². The molecule has 2 aromatic heterocycles. The number of hydrogen-bond donors (Lipinski definition) is 3. The average Bonchev–Trinajstić information content (AvgIpc) is 2.92. The molecule has 108 valence electrons. The van der Waals surface area contributed by atoms with Gasteiger partial charge in [0, 0.05) is 9.35 Å². The van der Waals surface area contributed by atoms with Crippen molar-refractivity contribution in [2.45, 2.75) is 13.3 Å². The first-order valence-electron chi connectivity index (χ1n) is 6.50. The van der Waals surface area contributed by atoms with Gasteiger partial charge >= 0.3 is 0 Å². The minimum Gasteiger partial charge on any atom is -0.339 e. The fourth-order valence-corrected chi connectivity index (χ4v) is 3.35. The molecule has 21 heavy (non-hydrogen) atoms. The Kier molecular flexibility index (Phi) is 4.05. The van der Waals surface area contributed by atoms with Crippen molar-refractivity contribution < 1.29 is 0 Å². The monoisotopic (exact) mass is 363 g/mol. The van der Waals surface area contributed by atoms with E-state index in [0.29, 0.717) is 5.95 Å². The van der Waals surface area contributed by atoms with Crippen molar-refractivity contribution in [3.63, 3.8) is 0 Å². The molecule has 0 aliphatic heterocycles. The highest BCUT2D eigenvalue weighted by atomic mass is 79.9. The van der Waals surface area contributed by atoms with Crippen molar-refractivity contribution >= 4 is 54.9 Å². The summed E-state index contributed by atoms with van der Waals surface area (Å²) in [4.78, 5) is 11.0. The van der Waals surface area contributed by atoms with Crippen molar-refractivity contribution in [2.24, 2.45) is 5.84 Å². The van der Waals surface area contributed by atoms with Crippen LogP contribution >= 0.6 is 27.3 Å². The molecule has 0 saturated carbocycles. The predicted molar refractivity (Wildman–Crippen MR) is 92.0 cm³/mol. The van der Waals surface area contributed by atoms with Crippen LogP contribution in [0.15, 0.2) is 34.8 Å². The van der Waals surface area contributed by atoms with E-state index in [0.717, 1.165) is 32.6 Å². The zero-order chi connectivity index (χ0) is 14.8. The molecular weight excluding hydrogens is 350 g/mol. The van der Waals surface area contributed by atoms with E-state index < -0.39 is 0 Å². The number of aryl methyl sites for hydroxylation is 1. The Morgan fingerprint density at radius 3 is 2.81 bits per heavy atom. The molecule has 3 aromatic rings. The summed E-state index contributed by atoms with van der Waals surface area (Å²) in [6, 6.07) is 10.0. The second-order valence-corrected chi connectivity index (χ2v) is 6.40. The Morgan fingerprint density at radius 1 is 1.29 bits per heavy atom. The van der Waals surface area contributed by atoms with Crippen LogP contribution < -0.4 is 16.6 Å². The number of halogens is 1. The van der Waals surface area contributed by atoms with Gasteiger partial charge in [0.05, 0.1) is 11.1 Å². The van der Waals surface area contributed by atoms with Crippen molar-refractivity contribution in [1.29, 1.82) is 0 Å². The number of nitrogens with one attached hydrogen (secondary N) is 2. The standard InChI is InChI=1S/C14H14BrN5S/c1-2-8-7-9-12(17-11-6-4-3-5-10(11)15)18-14(20-16)19-13(9)21-8/h3-7H,2,16H2,1H3,(H2,17,18,19,20). The first-order chi connectivity index (χ1) is 10.2. The molecule has 0 unspecified atom stereocenters. The molecule has 0 saturated heterocycles. The Balaban J connectivity index is 2.11. The van der Waals surface area contributed by atoms with E-state index in [1.54, 1.807) is 11.3 Å². The normalized spacial score (nSPS) is 10.8. The van der Waals surface area contributed by atoms with E-state index >= 15 is 0 Å². The van der Waals surface area contributed by atoms with E-state index in [-0.39, 0.29) is 0 Å². The molecule has 4 N–H and O–H groups in total. The molecule has 7 heteroatoms. The molecule has 0 aliphatic carbocycles. The lowest BCUT2D eigenvalue weighted by Gasteiger charge is -2.09. The third kappa shape index (κ3) is 2.85. The largest absolute Gasteiger partial charge is 0.339 e. The van der Waals surface area contributed by atoms with E-state index in [1.165, 1.54) is 4.88 Å². The van der Waals surface area contributed by atoms with Gasteiger partial charge in [0.15, 0.2) is 0 Å². The van der Waals surface area contributed by atoms with Gasteiger partial charge in [-0.05, 0) is 40.5 Å². The lowest BCUT2D eigenvalue weighted by atomic mass is 10.3. The van der Waals surface area contributed by atoms with Crippen LogP contribution in [-0.4, -0.2) is 9.97 Å². The van der Waals surface area contributed by atoms with E-state index in [1.807, 2.05) is 24.3 Å². The number of fused-ring (bicyclic) bond motifs is 1. The number of nitrogens with zero attached hydrogens (tertiary/aromatic N) is 2. The number of rotatable bonds is 4. The highest BCUT2D eigenvalue weighted by Gasteiger charge is 2.12. The van der Waals surface area contributed by atoms with Crippen LogP contribution in [0, 0.1) is 0 Å². The van der Waals surface area contributed by atoms with Gasteiger partial charge in [0.2, 0.25) is 5.95 Å². The number of anilines is 3. The summed E-state index contributed by atoms with van der Waals surface area (Å²) in [5, 5.41) is 4.35. The van der Waals surface area contributed by atoms with E-state index in [2.05, 4.69) is 49.6 Å². The summed E-state index contributed by atoms with van der Waals surface area (Å²) in [5.41, 5.74) is 3.47. The molecule has 0 bridgehead atoms. The van der Waals surface area contributed by atoms with Crippen molar-refractivity contribution in [1.82, 2.24) is 9.97 Å². The summed E-state index contributed by atoms with van der Waals surface area (Å²) in [6.07, 6.45) is 0.973. The highest BCUT2D eigenvalue weighted by molar-refractivity contribution is 9.10. The molecule has 0 spiro atoms. The highest BCUT2D eigenvalue weighted by Crippen LogP contribution is 2.33. The minimum absolute atomic E-state index is 0.404. The smallest absolute Gasteiger partial charge is 0.240 e. The summed E-state index contributed by atoms with van der Waals surface area (Å²) in [6.45, 7) is 2.13. The van der Waals surface area contributed by atoms with Gasteiger partial charge in [0.1, 0.15) is 10.6 Å². The first kappa shape index (κ1) is 14.2. The number of para-hydroxylation sites is 1. The maximum atomic E-state index is 5.46. The molecule has 5 nitrogen and oxygen atoms in total. The molecule has 0 atom stereocenters. The van der Waals surface area contributed by atoms with Gasteiger partial charge in [-0.25, -0.2) is 10.8 Å². The number of aromatic nitrogens is 2. The number of hydrazine groups is 1.